The van der Waals surface area contributed by atoms with E-state index in [-0.39, 0.29) is 12.2 Å². The summed E-state index contributed by atoms with van der Waals surface area (Å²) in [6.07, 6.45) is 4.22. The van der Waals surface area contributed by atoms with Crippen molar-refractivity contribution in [3.8, 4) is 0 Å². The number of aromatic nitrogens is 4. The summed E-state index contributed by atoms with van der Waals surface area (Å²) in [7, 11) is 0. The van der Waals surface area contributed by atoms with Crippen molar-refractivity contribution in [1.29, 1.82) is 0 Å². The van der Waals surface area contributed by atoms with Gasteiger partial charge in [-0.25, -0.2) is 15.0 Å². The van der Waals surface area contributed by atoms with Gasteiger partial charge in [-0.2, -0.15) is 0 Å². The van der Waals surface area contributed by atoms with Crippen LogP contribution < -0.4 is 0 Å². The fraction of sp³-hybridized carbons (Fsp3) is 0.250. The molecule has 0 fully saturated rings. The van der Waals surface area contributed by atoms with Crippen molar-refractivity contribution in [2.45, 2.75) is 26.3 Å². The summed E-state index contributed by atoms with van der Waals surface area (Å²) >= 11 is 0. The van der Waals surface area contributed by atoms with Crippen molar-refractivity contribution in [2.24, 2.45) is 0 Å². The molecule has 0 radical (unpaired) electrons. The van der Waals surface area contributed by atoms with Gasteiger partial charge < -0.3 is 4.57 Å². The Kier molecular flexibility index (Phi) is 3.73. The maximum Gasteiger partial charge on any atom is 0.188 e. The molecule has 0 spiro atoms. The number of para-hydroxylation sites is 2. The first-order chi connectivity index (χ1) is 10.3. The number of imidazole rings is 1. The summed E-state index contributed by atoms with van der Waals surface area (Å²) in [5.74, 6) is 0.756. The van der Waals surface area contributed by atoms with Gasteiger partial charge in [-0.05, 0) is 24.6 Å². The minimum Gasteiger partial charge on any atom is -0.328 e. The van der Waals surface area contributed by atoms with E-state index in [9.17, 15) is 4.79 Å². The number of hydrogen-bond donors (Lipinski definition) is 0. The summed E-state index contributed by atoms with van der Waals surface area (Å²) < 4.78 is 2.12. The third-order valence-corrected chi connectivity index (χ3v) is 3.37. The number of Topliss-reactive ketones (excluding diaryl/α,β-unsaturated/α-hetero) is 1. The van der Waals surface area contributed by atoms with Crippen LogP contribution in [0.1, 0.15) is 29.7 Å². The van der Waals surface area contributed by atoms with E-state index < -0.39 is 0 Å². The Hall–Kier alpha value is -2.56. The number of benzene rings is 1. The number of rotatable bonds is 5. The predicted octanol–water partition coefficient (Wildman–Crippen LogP) is 2.66. The van der Waals surface area contributed by atoms with E-state index in [0.29, 0.717) is 5.69 Å². The van der Waals surface area contributed by atoms with Crippen molar-refractivity contribution in [3.63, 3.8) is 0 Å². The standard InChI is InChI=1S/C16H16N4O/c1-2-9-20-14-6-4-3-5-12(14)19-16(20)10-15(21)13-7-8-17-11-18-13/h3-8,11H,2,9-10H2,1H3. The second kappa shape index (κ2) is 5.83. The van der Waals surface area contributed by atoms with Gasteiger partial charge in [-0.3, -0.25) is 4.79 Å². The molecule has 2 aromatic heterocycles. The minimum absolute atomic E-state index is 0.0370. The summed E-state index contributed by atoms with van der Waals surface area (Å²) in [6.45, 7) is 2.97. The topological polar surface area (TPSA) is 60.7 Å². The Balaban J connectivity index is 1.96. The number of carbonyl (C=O) groups excluding carboxylic acids is 1. The van der Waals surface area contributed by atoms with Crippen LogP contribution in [0.2, 0.25) is 0 Å². The van der Waals surface area contributed by atoms with Gasteiger partial charge in [-0.1, -0.05) is 19.1 Å². The van der Waals surface area contributed by atoms with Gasteiger partial charge in [0.1, 0.15) is 17.8 Å². The SMILES string of the molecule is CCCn1c(CC(=O)c2ccncn2)nc2ccccc21. The Morgan fingerprint density at radius 1 is 1.24 bits per heavy atom. The second-order valence-corrected chi connectivity index (χ2v) is 4.86. The van der Waals surface area contributed by atoms with Crippen molar-refractivity contribution in [3.05, 3.63) is 54.4 Å². The molecule has 0 atom stereocenters. The summed E-state index contributed by atoms with van der Waals surface area (Å²) in [6, 6.07) is 9.60. The van der Waals surface area contributed by atoms with Crippen molar-refractivity contribution < 1.29 is 4.79 Å². The van der Waals surface area contributed by atoms with E-state index >= 15 is 0 Å². The van der Waals surface area contributed by atoms with Crippen LogP contribution in [0.25, 0.3) is 11.0 Å². The number of ketones is 1. The van der Waals surface area contributed by atoms with Crippen LogP contribution in [0.5, 0.6) is 0 Å². The lowest BCUT2D eigenvalue weighted by Gasteiger charge is -2.07. The number of fused-ring (bicyclic) bond motifs is 1. The largest absolute Gasteiger partial charge is 0.328 e. The highest BCUT2D eigenvalue weighted by atomic mass is 16.1. The minimum atomic E-state index is -0.0370. The smallest absolute Gasteiger partial charge is 0.188 e. The molecule has 0 aliphatic rings. The van der Waals surface area contributed by atoms with E-state index in [1.165, 1.54) is 6.33 Å². The maximum atomic E-state index is 12.3. The Morgan fingerprint density at radius 3 is 2.86 bits per heavy atom. The lowest BCUT2D eigenvalue weighted by atomic mass is 10.2. The summed E-state index contributed by atoms with van der Waals surface area (Å²) in [5.41, 5.74) is 2.43. The lowest BCUT2D eigenvalue weighted by molar-refractivity contribution is 0.0985. The lowest BCUT2D eigenvalue weighted by Crippen LogP contribution is -2.11. The number of nitrogens with zero attached hydrogens (tertiary/aromatic N) is 4. The van der Waals surface area contributed by atoms with Gasteiger partial charge in [0.25, 0.3) is 0 Å². The molecule has 0 saturated heterocycles. The first kappa shape index (κ1) is 13.4. The zero-order valence-electron chi connectivity index (χ0n) is 11.9. The van der Waals surface area contributed by atoms with Gasteiger partial charge in [0.05, 0.1) is 17.5 Å². The van der Waals surface area contributed by atoms with Crippen LogP contribution in [-0.2, 0) is 13.0 Å². The Bertz CT molecular complexity index is 764. The van der Waals surface area contributed by atoms with Crippen molar-refractivity contribution in [2.75, 3.05) is 0 Å². The predicted molar refractivity (Wildman–Crippen MR) is 80.1 cm³/mol. The van der Waals surface area contributed by atoms with Crippen LogP contribution in [0.15, 0.2) is 42.9 Å². The Labute approximate surface area is 122 Å². The number of carbonyl (C=O) groups is 1. The van der Waals surface area contributed by atoms with Crippen molar-refractivity contribution >= 4 is 16.8 Å². The number of aryl methyl sites for hydroxylation is 1. The normalized spacial score (nSPS) is 10.9. The highest BCUT2D eigenvalue weighted by Gasteiger charge is 2.15. The van der Waals surface area contributed by atoms with Crippen LogP contribution >= 0.6 is 0 Å². The molecule has 1 aromatic carbocycles. The zero-order valence-corrected chi connectivity index (χ0v) is 11.9. The average molecular weight is 280 g/mol. The van der Waals surface area contributed by atoms with E-state index in [0.717, 1.165) is 29.8 Å². The van der Waals surface area contributed by atoms with Crippen LogP contribution in [0.3, 0.4) is 0 Å². The van der Waals surface area contributed by atoms with Gasteiger partial charge >= 0.3 is 0 Å². The molecular formula is C16H16N4O. The van der Waals surface area contributed by atoms with Crippen LogP contribution in [-0.4, -0.2) is 25.3 Å². The maximum absolute atomic E-state index is 12.3. The second-order valence-electron chi connectivity index (χ2n) is 4.86. The van der Waals surface area contributed by atoms with Crippen LogP contribution in [0, 0.1) is 0 Å². The molecular weight excluding hydrogens is 264 g/mol. The monoisotopic (exact) mass is 280 g/mol. The van der Waals surface area contributed by atoms with Gasteiger partial charge in [0.15, 0.2) is 5.78 Å². The third kappa shape index (κ3) is 2.67. The van der Waals surface area contributed by atoms with Crippen molar-refractivity contribution in [1.82, 2.24) is 19.5 Å². The van der Waals surface area contributed by atoms with E-state index in [4.69, 9.17) is 0 Å². The third-order valence-electron chi connectivity index (χ3n) is 3.37. The molecule has 2 heterocycles. The highest BCUT2D eigenvalue weighted by molar-refractivity contribution is 5.95. The molecule has 3 aromatic rings. The van der Waals surface area contributed by atoms with E-state index in [2.05, 4.69) is 26.4 Å². The molecule has 0 unspecified atom stereocenters. The molecule has 0 N–H and O–H groups in total. The van der Waals surface area contributed by atoms with Gasteiger partial charge in [-0.15, -0.1) is 0 Å². The number of hydrogen-bond acceptors (Lipinski definition) is 4. The molecule has 3 rings (SSSR count). The van der Waals surface area contributed by atoms with E-state index in [1.807, 2.05) is 24.3 Å². The van der Waals surface area contributed by atoms with Gasteiger partial charge in [0, 0.05) is 12.7 Å². The molecule has 0 aliphatic carbocycles. The molecule has 0 aliphatic heterocycles. The van der Waals surface area contributed by atoms with E-state index in [1.54, 1.807) is 12.3 Å². The first-order valence-corrected chi connectivity index (χ1v) is 7.03. The molecule has 0 amide bonds. The highest BCUT2D eigenvalue weighted by Crippen LogP contribution is 2.17. The fourth-order valence-electron chi connectivity index (χ4n) is 2.42. The molecule has 5 heteroatoms. The summed E-state index contributed by atoms with van der Waals surface area (Å²) in [4.78, 5) is 24.7. The van der Waals surface area contributed by atoms with Gasteiger partial charge in [0.2, 0.25) is 0 Å². The molecule has 5 nitrogen and oxygen atoms in total. The molecule has 106 valence electrons. The molecule has 0 saturated carbocycles. The fourth-order valence-corrected chi connectivity index (χ4v) is 2.42. The molecule has 0 bridgehead atoms. The quantitative estimate of drug-likeness (QED) is 0.674. The summed E-state index contributed by atoms with van der Waals surface area (Å²) in [5, 5.41) is 0. The first-order valence-electron chi connectivity index (χ1n) is 7.03. The zero-order chi connectivity index (χ0) is 14.7. The van der Waals surface area contributed by atoms with Crippen LogP contribution in [0.4, 0.5) is 0 Å². The Morgan fingerprint density at radius 2 is 2.10 bits per heavy atom. The average Bonchev–Trinajstić information content (AvgIpc) is 2.86. The molecule has 21 heavy (non-hydrogen) atoms.